The zero-order valence-electron chi connectivity index (χ0n) is 18.8. The van der Waals surface area contributed by atoms with Crippen LogP contribution in [0.4, 0.5) is 17.6 Å². The lowest BCUT2D eigenvalue weighted by Gasteiger charge is -2.34. The normalized spacial score (nSPS) is 15.0. The Balaban J connectivity index is 1.36. The summed E-state index contributed by atoms with van der Waals surface area (Å²) in [6, 6.07) is 14.6. The molecule has 3 heterocycles. The minimum atomic E-state index is -4.74. The van der Waals surface area contributed by atoms with E-state index in [0.717, 1.165) is 23.8 Å². The van der Waals surface area contributed by atoms with Crippen LogP contribution in [0.25, 0.3) is 16.9 Å². The lowest BCUT2D eigenvalue weighted by Crippen LogP contribution is -2.48. The zero-order chi connectivity index (χ0) is 25.4. The van der Waals surface area contributed by atoms with Gasteiger partial charge in [-0.05, 0) is 48.0 Å². The van der Waals surface area contributed by atoms with Crippen LogP contribution in [-0.4, -0.2) is 56.5 Å². The van der Waals surface area contributed by atoms with Gasteiger partial charge in [0.1, 0.15) is 5.82 Å². The van der Waals surface area contributed by atoms with Crippen molar-refractivity contribution < 1.29 is 22.4 Å². The second-order valence-corrected chi connectivity index (χ2v) is 8.96. The highest BCUT2D eigenvalue weighted by Gasteiger charge is 2.36. The van der Waals surface area contributed by atoms with E-state index in [4.69, 9.17) is 11.6 Å². The van der Waals surface area contributed by atoms with Gasteiger partial charge in [0.15, 0.2) is 17.0 Å². The molecule has 1 aliphatic rings. The van der Waals surface area contributed by atoms with E-state index < -0.39 is 23.6 Å². The monoisotopic (exact) mass is 517 g/mol. The van der Waals surface area contributed by atoms with E-state index in [1.165, 1.54) is 18.2 Å². The van der Waals surface area contributed by atoms with Crippen molar-refractivity contribution in [2.24, 2.45) is 0 Å². The van der Waals surface area contributed by atoms with E-state index in [2.05, 4.69) is 15.0 Å². The smallest absolute Gasteiger partial charge is 0.335 e. The number of fused-ring (bicyclic) bond motifs is 1. The van der Waals surface area contributed by atoms with Crippen molar-refractivity contribution in [3.8, 4) is 11.3 Å². The van der Waals surface area contributed by atoms with Gasteiger partial charge in [0.25, 0.3) is 5.91 Å². The number of carbonyl (C=O) groups is 1. The summed E-state index contributed by atoms with van der Waals surface area (Å²) in [4.78, 5) is 21.1. The van der Waals surface area contributed by atoms with Gasteiger partial charge in [-0.3, -0.25) is 9.69 Å². The third kappa shape index (κ3) is 5.05. The Morgan fingerprint density at radius 1 is 0.944 bits per heavy atom. The van der Waals surface area contributed by atoms with Crippen LogP contribution in [0.1, 0.15) is 21.7 Å². The minimum absolute atomic E-state index is 0.00420. The lowest BCUT2D eigenvalue weighted by molar-refractivity contribution is -0.142. The third-order valence-electron chi connectivity index (χ3n) is 6.06. The number of rotatable bonds is 4. The molecule has 0 saturated carbocycles. The molecule has 0 atom stereocenters. The van der Waals surface area contributed by atoms with Crippen LogP contribution >= 0.6 is 11.6 Å². The number of amides is 1. The van der Waals surface area contributed by atoms with Crippen molar-refractivity contribution in [3.05, 3.63) is 88.5 Å². The topological polar surface area (TPSA) is 53.7 Å². The summed E-state index contributed by atoms with van der Waals surface area (Å²) < 4.78 is 55.4. The van der Waals surface area contributed by atoms with E-state index in [0.29, 0.717) is 47.8 Å². The Morgan fingerprint density at radius 2 is 1.61 bits per heavy atom. The molecule has 0 N–H and O–H groups in total. The Hall–Kier alpha value is -3.50. The van der Waals surface area contributed by atoms with Gasteiger partial charge < -0.3 is 4.90 Å². The summed E-state index contributed by atoms with van der Waals surface area (Å²) in [5, 5.41) is 4.62. The molecule has 0 spiro atoms. The van der Waals surface area contributed by atoms with Crippen molar-refractivity contribution in [1.29, 1.82) is 0 Å². The minimum Gasteiger partial charge on any atom is -0.335 e. The first kappa shape index (κ1) is 24.2. The number of halogens is 5. The van der Waals surface area contributed by atoms with Crippen molar-refractivity contribution in [1.82, 2.24) is 24.4 Å². The van der Waals surface area contributed by atoms with Gasteiger partial charge in [-0.25, -0.2) is 13.9 Å². The number of nitrogens with zero attached hydrogens (tertiary/aromatic N) is 5. The number of aromatic nitrogens is 3. The summed E-state index contributed by atoms with van der Waals surface area (Å²) in [7, 11) is 0. The fraction of sp³-hybridized carbons (Fsp3) is 0.240. The molecular formula is C25H20ClF4N5O. The maximum atomic E-state index is 13.8. The van der Waals surface area contributed by atoms with Crippen molar-refractivity contribution in [3.63, 3.8) is 0 Å². The molecule has 2 aromatic carbocycles. The van der Waals surface area contributed by atoms with E-state index in [-0.39, 0.29) is 17.0 Å². The maximum Gasteiger partial charge on any atom is 0.433 e. The van der Waals surface area contributed by atoms with Crippen molar-refractivity contribution >= 4 is 23.2 Å². The third-order valence-corrected chi connectivity index (χ3v) is 6.31. The van der Waals surface area contributed by atoms with Gasteiger partial charge in [0, 0.05) is 49.4 Å². The molecule has 1 fully saturated rings. The highest BCUT2D eigenvalue weighted by atomic mass is 35.5. The van der Waals surface area contributed by atoms with Gasteiger partial charge in [-0.1, -0.05) is 23.7 Å². The van der Waals surface area contributed by atoms with Gasteiger partial charge in [0.05, 0.1) is 5.69 Å². The lowest BCUT2D eigenvalue weighted by atomic mass is 10.1. The Labute approximate surface area is 208 Å². The average molecular weight is 518 g/mol. The van der Waals surface area contributed by atoms with Gasteiger partial charge in [-0.2, -0.15) is 18.3 Å². The Bertz CT molecular complexity index is 1400. The highest BCUT2D eigenvalue weighted by molar-refractivity contribution is 6.30. The fourth-order valence-electron chi connectivity index (χ4n) is 4.17. The molecule has 6 nitrogen and oxygen atoms in total. The van der Waals surface area contributed by atoms with Crippen molar-refractivity contribution in [2.75, 3.05) is 26.2 Å². The molecule has 1 amide bonds. The molecule has 0 radical (unpaired) electrons. The second kappa shape index (κ2) is 9.51. The molecular weight excluding hydrogens is 498 g/mol. The van der Waals surface area contributed by atoms with E-state index >= 15 is 0 Å². The van der Waals surface area contributed by atoms with Crippen LogP contribution < -0.4 is 0 Å². The molecule has 0 bridgehead atoms. The predicted molar refractivity (Wildman–Crippen MR) is 126 cm³/mol. The number of hydrogen-bond donors (Lipinski definition) is 0. The first-order chi connectivity index (χ1) is 17.2. The average Bonchev–Trinajstić information content (AvgIpc) is 3.29. The van der Waals surface area contributed by atoms with Crippen LogP contribution in [0.2, 0.25) is 5.02 Å². The first-order valence-electron chi connectivity index (χ1n) is 11.2. The molecule has 11 heteroatoms. The Kier molecular flexibility index (Phi) is 6.40. The van der Waals surface area contributed by atoms with Crippen molar-refractivity contribution in [2.45, 2.75) is 12.7 Å². The van der Waals surface area contributed by atoms with Crippen LogP contribution in [0.3, 0.4) is 0 Å². The Morgan fingerprint density at radius 3 is 2.25 bits per heavy atom. The number of benzene rings is 2. The standard InChI is InChI=1S/C25H20ClF4N5O/c26-18-5-1-16(2-6-18)15-33-9-11-34(12-10-33)24(36)21-14-23-31-20(17-3-7-19(27)8-4-17)13-22(25(28,29)30)35(23)32-21/h1-8,13-14H,9-12,15H2. The van der Waals surface area contributed by atoms with Gasteiger partial charge in [-0.15, -0.1) is 0 Å². The molecule has 1 aliphatic heterocycles. The largest absolute Gasteiger partial charge is 0.433 e. The summed E-state index contributed by atoms with van der Waals surface area (Å²) in [6.45, 7) is 2.77. The summed E-state index contributed by atoms with van der Waals surface area (Å²) in [6.07, 6.45) is -4.74. The van der Waals surface area contributed by atoms with Crippen LogP contribution in [-0.2, 0) is 12.7 Å². The molecule has 0 unspecified atom stereocenters. The summed E-state index contributed by atoms with van der Waals surface area (Å²) in [5.74, 6) is -0.968. The molecule has 4 aromatic rings. The zero-order valence-corrected chi connectivity index (χ0v) is 19.6. The molecule has 2 aromatic heterocycles. The van der Waals surface area contributed by atoms with E-state index in [1.54, 1.807) is 4.90 Å². The summed E-state index contributed by atoms with van der Waals surface area (Å²) >= 11 is 5.93. The highest BCUT2D eigenvalue weighted by Crippen LogP contribution is 2.32. The predicted octanol–water partition coefficient (Wildman–Crippen LogP) is 5.17. The molecule has 36 heavy (non-hydrogen) atoms. The molecule has 5 rings (SSSR count). The molecule has 0 aliphatic carbocycles. The van der Waals surface area contributed by atoms with Gasteiger partial charge >= 0.3 is 6.18 Å². The SMILES string of the molecule is O=C(c1cc2nc(-c3ccc(F)cc3)cc(C(F)(F)F)n2n1)N1CCN(Cc2ccc(Cl)cc2)CC1. The summed E-state index contributed by atoms with van der Waals surface area (Å²) in [5.41, 5.74) is 0.116. The van der Waals surface area contributed by atoms with Crippen LogP contribution in [0.15, 0.2) is 60.7 Å². The van der Waals surface area contributed by atoms with E-state index in [9.17, 15) is 22.4 Å². The fourth-order valence-corrected chi connectivity index (χ4v) is 4.29. The number of hydrogen-bond acceptors (Lipinski definition) is 4. The van der Waals surface area contributed by atoms with Crippen LogP contribution in [0.5, 0.6) is 0 Å². The van der Waals surface area contributed by atoms with Gasteiger partial charge in [0.2, 0.25) is 0 Å². The number of carbonyl (C=O) groups excluding carboxylic acids is 1. The molecule has 186 valence electrons. The van der Waals surface area contributed by atoms with E-state index in [1.807, 2.05) is 24.3 Å². The maximum absolute atomic E-state index is 13.8. The number of alkyl halides is 3. The molecule has 1 saturated heterocycles. The quantitative estimate of drug-likeness (QED) is 0.351. The second-order valence-electron chi connectivity index (χ2n) is 8.53. The van der Waals surface area contributed by atoms with Crippen LogP contribution in [0, 0.1) is 5.82 Å². The first-order valence-corrected chi connectivity index (χ1v) is 11.6. The number of piperazine rings is 1.